The van der Waals surface area contributed by atoms with Gasteiger partial charge in [0.15, 0.2) is 5.96 Å². The molecule has 1 aliphatic carbocycles. The number of aryl methyl sites for hydroxylation is 1. The average molecular weight is 217 g/mol. The first-order valence-corrected chi connectivity index (χ1v) is 5.95. The fourth-order valence-corrected chi connectivity index (χ4v) is 1.61. The summed E-state index contributed by atoms with van der Waals surface area (Å²) in [6, 6.07) is 11.1. The van der Waals surface area contributed by atoms with Crippen LogP contribution in [0.2, 0.25) is 0 Å². The maximum atomic E-state index is 5.73. The van der Waals surface area contributed by atoms with E-state index in [0.717, 1.165) is 19.4 Å². The van der Waals surface area contributed by atoms with Crippen molar-refractivity contribution in [3.05, 3.63) is 35.9 Å². The molecule has 3 heteroatoms. The average Bonchev–Trinajstić information content (AvgIpc) is 3.10. The van der Waals surface area contributed by atoms with Crippen LogP contribution in [0.3, 0.4) is 0 Å². The quantitative estimate of drug-likeness (QED) is 0.448. The lowest BCUT2D eigenvalue weighted by Crippen LogP contribution is -2.33. The number of hydrogen-bond donors (Lipinski definition) is 2. The van der Waals surface area contributed by atoms with Crippen LogP contribution in [0.5, 0.6) is 0 Å². The fraction of sp³-hybridized carbons (Fsp3) is 0.462. The van der Waals surface area contributed by atoms with Gasteiger partial charge in [0.25, 0.3) is 0 Å². The highest BCUT2D eigenvalue weighted by Gasteiger charge is 2.21. The summed E-state index contributed by atoms with van der Waals surface area (Å²) < 4.78 is 0. The van der Waals surface area contributed by atoms with E-state index in [4.69, 9.17) is 5.73 Å². The van der Waals surface area contributed by atoms with E-state index in [9.17, 15) is 0 Å². The van der Waals surface area contributed by atoms with Gasteiger partial charge in [-0.25, -0.2) is 0 Å². The molecule has 0 unspecified atom stereocenters. The van der Waals surface area contributed by atoms with Crippen LogP contribution in [0, 0.1) is 0 Å². The molecule has 16 heavy (non-hydrogen) atoms. The second-order valence-electron chi connectivity index (χ2n) is 4.27. The molecule has 3 N–H and O–H groups in total. The van der Waals surface area contributed by atoms with Gasteiger partial charge in [-0.2, -0.15) is 0 Å². The zero-order valence-electron chi connectivity index (χ0n) is 9.52. The van der Waals surface area contributed by atoms with Crippen LogP contribution in [-0.2, 0) is 6.42 Å². The number of rotatable bonds is 5. The highest BCUT2D eigenvalue weighted by molar-refractivity contribution is 5.78. The van der Waals surface area contributed by atoms with Gasteiger partial charge in [0.05, 0.1) is 0 Å². The lowest BCUT2D eigenvalue weighted by atomic mass is 10.1. The second-order valence-corrected chi connectivity index (χ2v) is 4.27. The van der Waals surface area contributed by atoms with Crippen molar-refractivity contribution in [2.75, 3.05) is 6.54 Å². The van der Waals surface area contributed by atoms with E-state index in [1.807, 2.05) is 6.07 Å². The molecule has 0 amide bonds. The minimum atomic E-state index is 0.595. The van der Waals surface area contributed by atoms with Gasteiger partial charge in [-0.3, -0.25) is 4.99 Å². The maximum absolute atomic E-state index is 5.73. The molecule has 0 heterocycles. The zero-order valence-corrected chi connectivity index (χ0v) is 9.52. The Morgan fingerprint density at radius 3 is 2.75 bits per heavy atom. The topological polar surface area (TPSA) is 50.4 Å². The predicted molar refractivity (Wildman–Crippen MR) is 67.4 cm³/mol. The molecule has 0 aliphatic heterocycles. The Labute approximate surface area is 96.8 Å². The van der Waals surface area contributed by atoms with E-state index in [1.165, 1.54) is 18.4 Å². The summed E-state index contributed by atoms with van der Waals surface area (Å²) in [5.41, 5.74) is 7.10. The van der Waals surface area contributed by atoms with Crippen molar-refractivity contribution in [2.45, 2.75) is 31.7 Å². The van der Waals surface area contributed by atoms with Crippen LogP contribution in [0.25, 0.3) is 0 Å². The Balaban J connectivity index is 1.64. The molecule has 1 saturated carbocycles. The van der Waals surface area contributed by atoms with Crippen LogP contribution in [0.15, 0.2) is 35.3 Å². The van der Waals surface area contributed by atoms with Crippen LogP contribution in [0.1, 0.15) is 24.8 Å². The van der Waals surface area contributed by atoms with Crippen molar-refractivity contribution < 1.29 is 0 Å². The van der Waals surface area contributed by atoms with Crippen molar-refractivity contribution in [1.29, 1.82) is 0 Å². The number of nitrogens with one attached hydrogen (secondary N) is 1. The molecule has 0 aromatic heterocycles. The summed E-state index contributed by atoms with van der Waals surface area (Å²) in [7, 11) is 0. The molecule has 1 aliphatic rings. The normalized spacial score (nSPS) is 16.1. The Kier molecular flexibility index (Phi) is 3.81. The predicted octanol–water partition coefficient (Wildman–Crippen LogP) is 1.69. The van der Waals surface area contributed by atoms with E-state index in [2.05, 4.69) is 34.6 Å². The Morgan fingerprint density at radius 1 is 1.31 bits per heavy atom. The van der Waals surface area contributed by atoms with Crippen molar-refractivity contribution in [2.24, 2.45) is 10.7 Å². The molecule has 1 fully saturated rings. The van der Waals surface area contributed by atoms with Gasteiger partial charge in [0, 0.05) is 12.6 Å². The number of nitrogens with two attached hydrogens (primary N) is 1. The molecular formula is C13H19N3. The number of guanidine groups is 1. The third-order valence-corrected chi connectivity index (χ3v) is 2.68. The Hall–Kier alpha value is -1.51. The summed E-state index contributed by atoms with van der Waals surface area (Å²) in [5.74, 6) is 0.607. The molecule has 0 spiro atoms. The molecule has 86 valence electrons. The Bertz CT molecular complexity index is 341. The largest absolute Gasteiger partial charge is 0.370 e. The highest BCUT2D eigenvalue weighted by Crippen LogP contribution is 2.17. The van der Waals surface area contributed by atoms with E-state index >= 15 is 0 Å². The first kappa shape index (κ1) is 11.0. The van der Waals surface area contributed by atoms with Gasteiger partial charge in [0.2, 0.25) is 0 Å². The molecule has 0 atom stereocenters. The highest BCUT2D eigenvalue weighted by atomic mass is 15.1. The summed E-state index contributed by atoms with van der Waals surface area (Å²) in [6.07, 6.45) is 4.60. The minimum Gasteiger partial charge on any atom is -0.370 e. The minimum absolute atomic E-state index is 0.595. The fourth-order valence-electron chi connectivity index (χ4n) is 1.61. The summed E-state index contributed by atoms with van der Waals surface area (Å²) in [5, 5.41) is 3.18. The molecule has 0 saturated heterocycles. The first-order valence-electron chi connectivity index (χ1n) is 5.95. The Morgan fingerprint density at radius 2 is 2.06 bits per heavy atom. The van der Waals surface area contributed by atoms with Gasteiger partial charge < -0.3 is 11.1 Å². The number of benzene rings is 1. The lowest BCUT2D eigenvalue weighted by molar-refractivity contribution is 0.813. The maximum Gasteiger partial charge on any atom is 0.188 e. The molecule has 3 nitrogen and oxygen atoms in total. The van der Waals surface area contributed by atoms with Crippen LogP contribution >= 0.6 is 0 Å². The van der Waals surface area contributed by atoms with Gasteiger partial charge in [-0.15, -0.1) is 0 Å². The molecule has 1 aromatic carbocycles. The molecule has 0 bridgehead atoms. The van der Waals surface area contributed by atoms with Crippen molar-refractivity contribution in [3.63, 3.8) is 0 Å². The SMILES string of the molecule is NC(=NCCCc1ccccc1)NC1CC1. The summed E-state index contributed by atoms with van der Waals surface area (Å²) >= 11 is 0. The van der Waals surface area contributed by atoms with E-state index < -0.39 is 0 Å². The van der Waals surface area contributed by atoms with Crippen molar-refractivity contribution in [1.82, 2.24) is 5.32 Å². The number of nitrogens with zero attached hydrogens (tertiary/aromatic N) is 1. The van der Waals surface area contributed by atoms with Gasteiger partial charge in [-0.05, 0) is 31.2 Å². The second kappa shape index (κ2) is 5.54. The third-order valence-electron chi connectivity index (χ3n) is 2.68. The zero-order chi connectivity index (χ0) is 11.2. The van der Waals surface area contributed by atoms with Gasteiger partial charge in [-0.1, -0.05) is 30.3 Å². The lowest BCUT2D eigenvalue weighted by Gasteiger charge is -2.03. The molecular weight excluding hydrogens is 198 g/mol. The molecule has 1 aromatic rings. The standard InChI is InChI=1S/C13H19N3/c14-13(16-12-8-9-12)15-10-4-7-11-5-2-1-3-6-11/h1-3,5-6,12H,4,7-10H2,(H3,14,15,16). The first-order chi connectivity index (χ1) is 7.84. The van der Waals surface area contributed by atoms with Crippen LogP contribution < -0.4 is 11.1 Å². The van der Waals surface area contributed by atoms with E-state index in [0.29, 0.717) is 12.0 Å². The van der Waals surface area contributed by atoms with E-state index in [1.54, 1.807) is 0 Å². The summed E-state index contributed by atoms with van der Waals surface area (Å²) in [6.45, 7) is 0.806. The van der Waals surface area contributed by atoms with Gasteiger partial charge >= 0.3 is 0 Å². The van der Waals surface area contributed by atoms with Crippen LogP contribution in [-0.4, -0.2) is 18.5 Å². The number of hydrogen-bond acceptors (Lipinski definition) is 1. The van der Waals surface area contributed by atoms with Gasteiger partial charge in [0.1, 0.15) is 0 Å². The van der Waals surface area contributed by atoms with Crippen molar-refractivity contribution >= 4 is 5.96 Å². The monoisotopic (exact) mass is 217 g/mol. The number of aliphatic imine (C=N–C) groups is 1. The van der Waals surface area contributed by atoms with Crippen molar-refractivity contribution in [3.8, 4) is 0 Å². The third kappa shape index (κ3) is 3.93. The molecule has 2 rings (SSSR count). The summed E-state index contributed by atoms with van der Waals surface area (Å²) in [4.78, 5) is 4.30. The van der Waals surface area contributed by atoms with Crippen LogP contribution in [0.4, 0.5) is 0 Å². The smallest absolute Gasteiger partial charge is 0.188 e. The van der Waals surface area contributed by atoms with E-state index in [-0.39, 0.29) is 0 Å². The molecule has 0 radical (unpaired) electrons.